The Labute approximate surface area is 95.2 Å². The van der Waals surface area contributed by atoms with Crippen molar-refractivity contribution in [2.75, 3.05) is 5.75 Å². The third-order valence-corrected chi connectivity index (χ3v) is 3.50. The Morgan fingerprint density at radius 1 is 1.40 bits per heavy atom. The Morgan fingerprint density at radius 3 is 2.47 bits per heavy atom. The Morgan fingerprint density at radius 2 is 2.00 bits per heavy atom. The van der Waals surface area contributed by atoms with Gasteiger partial charge in [0.25, 0.3) is 0 Å². The van der Waals surface area contributed by atoms with Crippen molar-refractivity contribution in [1.82, 2.24) is 0 Å². The molecule has 1 unspecified atom stereocenters. The zero-order valence-electron chi connectivity index (χ0n) is 9.19. The zero-order valence-corrected chi connectivity index (χ0v) is 10.0. The highest BCUT2D eigenvalue weighted by Gasteiger charge is 2.10. The van der Waals surface area contributed by atoms with E-state index in [1.807, 2.05) is 30.8 Å². The van der Waals surface area contributed by atoms with Gasteiger partial charge >= 0.3 is 0 Å². The predicted molar refractivity (Wildman–Crippen MR) is 65.1 cm³/mol. The molecule has 1 atom stereocenters. The van der Waals surface area contributed by atoms with E-state index in [0.717, 1.165) is 11.3 Å². The van der Waals surface area contributed by atoms with E-state index in [0.29, 0.717) is 0 Å². The molecule has 0 saturated carbocycles. The first-order chi connectivity index (χ1) is 7.15. The topological polar surface area (TPSA) is 43.1 Å². The summed E-state index contributed by atoms with van der Waals surface area (Å²) in [5.41, 5.74) is 6.23. The van der Waals surface area contributed by atoms with Gasteiger partial charge < -0.3 is 5.73 Å². The summed E-state index contributed by atoms with van der Waals surface area (Å²) in [7, 11) is 0. The molecule has 0 aromatic heterocycles. The Bertz CT molecular complexity index is 321. The molecule has 0 radical (unpaired) electrons. The van der Waals surface area contributed by atoms with E-state index in [4.69, 9.17) is 5.73 Å². The molecule has 1 aromatic rings. The number of thioether (sulfide) groups is 1. The van der Waals surface area contributed by atoms with Crippen LogP contribution in [0.1, 0.15) is 31.7 Å². The smallest absolute Gasteiger partial charge is 0.224 e. The summed E-state index contributed by atoms with van der Waals surface area (Å²) < 4.78 is 0. The summed E-state index contributed by atoms with van der Waals surface area (Å²) in [6.07, 6.45) is 1.17. The number of nitrogens with two attached hydrogens (primary N) is 1. The van der Waals surface area contributed by atoms with E-state index in [-0.39, 0.29) is 11.8 Å². The number of carbonyl (C=O) groups excluding carboxylic acids is 1. The normalized spacial score (nSPS) is 12.4. The lowest BCUT2D eigenvalue weighted by atomic mass is 10.0. The van der Waals surface area contributed by atoms with Crippen LogP contribution in [0.4, 0.5) is 0 Å². The molecular formula is C12H17NOS. The van der Waals surface area contributed by atoms with E-state index in [1.54, 1.807) is 0 Å². The minimum absolute atomic E-state index is 0.199. The second-order valence-corrected chi connectivity index (χ2v) is 4.71. The van der Waals surface area contributed by atoms with Gasteiger partial charge in [0.1, 0.15) is 0 Å². The van der Waals surface area contributed by atoms with Gasteiger partial charge in [-0.05, 0) is 36.8 Å². The number of hydrogen-bond acceptors (Lipinski definition) is 2. The molecule has 0 aliphatic heterocycles. The number of primary amides is 1. The highest BCUT2D eigenvalue weighted by molar-refractivity contribution is 7.99. The highest BCUT2D eigenvalue weighted by atomic mass is 32.2. The first-order valence-electron chi connectivity index (χ1n) is 5.17. The van der Waals surface area contributed by atoms with Crippen LogP contribution in [0.5, 0.6) is 0 Å². The fraction of sp³-hybridized carbons (Fsp3) is 0.417. The van der Waals surface area contributed by atoms with Crippen LogP contribution in [0.15, 0.2) is 29.2 Å². The Hall–Kier alpha value is -0.960. The van der Waals surface area contributed by atoms with Crippen LogP contribution in [0.3, 0.4) is 0 Å². The number of rotatable bonds is 5. The average Bonchev–Trinajstić information content (AvgIpc) is 2.26. The number of carbonyl (C=O) groups is 1. The van der Waals surface area contributed by atoms with Crippen molar-refractivity contribution in [2.45, 2.75) is 31.1 Å². The van der Waals surface area contributed by atoms with Gasteiger partial charge in [-0.2, -0.15) is 0 Å². The van der Waals surface area contributed by atoms with Crippen molar-refractivity contribution in [1.29, 1.82) is 0 Å². The molecule has 1 aromatic carbocycles. The monoisotopic (exact) mass is 223 g/mol. The van der Waals surface area contributed by atoms with Crippen molar-refractivity contribution in [3.63, 3.8) is 0 Å². The van der Waals surface area contributed by atoms with Gasteiger partial charge in [-0.25, -0.2) is 0 Å². The molecule has 1 rings (SSSR count). The average molecular weight is 223 g/mol. The van der Waals surface area contributed by atoms with E-state index >= 15 is 0 Å². The van der Waals surface area contributed by atoms with Gasteiger partial charge in [-0.15, -0.1) is 11.8 Å². The second kappa shape index (κ2) is 5.81. The lowest BCUT2D eigenvalue weighted by Crippen LogP contribution is -2.18. The predicted octanol–water partition coefficient (Wildman–Crippen LogP) is 2.78. The summed E-state index contributed by atoms with van der Waals surface area (Å²) in [6.45, 7) is 3.99. The van der Waals surface area contributed by atoms with Crippen molar-refractivity contribution in [3.8, 4) is 0 Å². The molecule has 0 spiro atoms. The number of benzene rings is 1. The van der Waals surface area contributed by atoms with E-state index in [2.05, 4.69) is 19.1 Å². The third-order valence-electron chi connectivity index (χ3n) is 2.28. The second-order valence-electron chi connectivity index (χ2n) is 3.54. The molecule has 2 N–H and O–H groups in total. The van der Waals surface area contributed by atoms with Crippen molar-refractivity contribution >= 4 is 17.7 Å². The third kappa shape index (κ3) is 3.59. The first kappa shape index (κ1) is 12.1. The Balaban J connectivity index is 2.67. The molecule has 0 bridgehead atoms. The molecule has 3 heteroatoms. The van der Waals surface area contributed by atoms with E-state index in [9.17, 15) is 4.79 Å². The summed E-state index contributed by atoms with van der Waals surface area (Å²) in [5, 5.41) is 0. The molecule has 0 aliphatic rings. The van der Waals surface area contributed by atoms with Crippen molar-refractivity contribution < 1.29 is 4.79 Å². The van der Waals surface area contributed by atoms with Gasteiger partial charge in [0.15, 0.2) is 0 Å². The SMILES string of the molecule is CCCSc1ccc(C(C)C(N)=O)cc1. The van der Waals surface area contributed by atoms with Crippen LogP contribution in [0.25, 0.3) is 0 Å². The standard InChI is InChI=1S/C12H17NOS/c1-3-8-15-11-6-4-10(5-7-11)9(2)12(13)14/h4-7,9H,3,8H2,1-2H3,(H2,13,14). The highest BCUT2D eigenvalue weighted by Crippen LogP contribution is 2.22. The molecule has 0 saturated heterocycles. The van der Waals surface area contributed by atoms with Gasteiger partial charge in [-0.3, -0.25) is 4.79 Å². The van der Waals surface area contributed by atoms with Gasteiger partial charge in [0.05, 0.1) is 5.92 Å². The molecule has 15 heavy (non-hydrogen) atoms. The van der Waals surface area contributed by atoms with Crippen LogP contribution < -0.4 is 5.73 Å². The maximum atomic E-state index is 11.0. The maximum absolute atomic E-state index is 11.0. The molecular weight excluding hydrogens is 206 g/mol. The van der Waals surface area contributed by atoms with Crippen LogP contribution in [-0.4, -0.2) is 11.7 Å². The summed E-state index contributed by atoms with van der Waals surface area (Å²) in [4.78, 5) is 12.2. The molecule has 0 fully saturated rings. The fourth-order valence-corrected chi connectivity index (χ4v) is 2.01. The summed E-state index contributed by atoms with van der Waals surface area (Å²) in [5.74, 6) is 0.657. The number of hydrogen-bond donors (Lipinski definition) is 1. The molecule has 2 nitrogen and oxygen atoms in total. The largest absolute Gasteiger partial charge is 0.369 e. The van der Waals surface area contributed by atoms with Gasteiger partial charge in [0.2, 0.25) is 5.91 Å². The summed E-state index contributed by atoms with van der Waals surface area (Å²) in [6, 6.07) is 8.06. The zero-order chi connectivity index (χ0) is 11.3. The minimum Gasteiger partial charge on any atom is -0.369 e. The molecule has 1 amide bonds. The summed E-state index contributed by atoms with van der Waals surface area (Å²) >= 11 is 1.83. The van der Waals surface area contributed by atoms with Crippen LogP contribution >= 0.6 is 11.8 Å². The molecule has 0 heterocycles. The van der Waals surface area contributed by atoms with E-state index in [1.165, 1.54) is 11.3 Å². The Kier molecular flexibility index (Phi) is 4.69. The molecule has 0 aliphatic carbocycles. The van der Waals surface area contributed by atoms with Crippen molar-refractivity contribution in [2.24, 2.45) is 5.73 Å². The first-order valence-corrected chi connectivity index (χ1v) is 6.15. The quantitative estimate of drug-likeness (QED) is 0.780. The van der Waals surface area contributed by atoms with Crippen LogP contribution in [-0.2, 0) is 4.79 Å². The molecule has 82 valence electrons. The lowest BCUT2D eigenvalue weighted by molar-refractivity contribution is -0.119. The number of amides is 1. The van der Waals surface area contributed by atoms with Gasteiger partial charge in [-0.1, -0.05) is 19.1 Å². The van der Waals surface area contributed by atoms with E-state index < -0.39 is 0 Å². The van der Waals surface area contributed by atoms with Gasteiger partial charge in [0, 0.05) is 4.90 Å². The van der Waals surface area contributed by atoms with Crippen LogP contribution in [0, 0.1) is 0 Å². The minimum atomic E-state index is -0.274. The lowest BCUT2D eigenvalue weighted by Gasteiger charge is -2.08. The fourth-order valence-electron chi connectivity index (χ4n) is 1.24. The van der Waals surface area contributed by atoms with Crippen molar-refractivity contribution in [3.05, 3.63) is 29.8 Å². The maximum Gasteiger partial charge on any atom is 0.224 e. The van der Waals surface area contributed by atoms with Crippen LogP contribution in [0.2, 0.25) is 0 Å².